The zero-order valence-electron chi connectivity index (χ0n) is 31.1. The Bertz CT molecular complexity index is 1810. The first-order chi connectivity index (χ1) is 27.4. The third kappa shape index (κ3) is 13.8. The van der Waals surface area contributed by atoms with Crippen LogP contribution in [0.3, 0.4) is 0 Å². The second-order valence-corrected chi connectivity index (χ2v) is 13.0. The van der Waals surface area contributed by atoms with Crippen LogP contribution in [0.5, 0.6) is 0 Å². The average Bonchev–Trinajstić information content (AvgIpc) is 3.69. The Morgan fingerprint density at radius 1 is 0.596 bits per heavy atom. The molecule has 3 amide bonds. The molecule has 3 N–H and O–H groups in total. The molecule has 2 fully saturated rings. The van der Waals surface area contributed by atoms with Gasteiger partial charge < -0.3 is 58.6 Å². The molecule has 5 atom stereocenters. The first-order valence-corrected chi connectivity index (χ1v) is 17.8. The fourth-order valence-electron chi connectivity index (χ4n) is 5.52. The zero-order valence-corrected chi connectivity index (χ0v) is 31.1. The number of carbonyl (C=O) groups excluding carboxylic acids is 6. The summed E-state index contributed by atoms with van der Waals surface area (Å²) in [6.45, 7) is 0.473. The van der Waals surface area contributed by atoms with Crippen LogP contribution < -0.4 is 16.0 Å². The van der Waals surface area contributed by atoms with Crippen molar-refractivity contribution in [2.45, 2.75) is 70.2 Å². The van der Waals surface area contributed by atoms with Crippen LogP contribution in [0, 0.1) is 0 Å². The molecule has 2 saturated heterocycles. The van der Waals surface area contributed by atoms with E-state index >= 15 is 0 Å². The summed E-state index contributed by atoms with van der Waals surface area (Å²) in [7, 11) is 0. The molecule has 304 valence electrons. The van der Waals surface area contributed by atoms with Crippen LogP contribution in [0.25, 0.3) is 0 Å². The van der Waals surface area contributed by atoms with E-state index in [9.17, 15) is 28.8 Å². The van der Waals surface area contributed by atoms with Crippen LogP contribution in [0.15, 0.2) is 91.0 Å². The number of hydrogen-bond donors (Lipinski definition) is 3. The van der Waals surface area contributed by atoms with Gasteiger partial charge >= 0.3 is 36.2 Å². The predicted octanol–water partition coefficient (Wildman–Crippen LogP) is 3.01. The molecule has 0 bridgehead atoms. The number of alkyl carbamates (subject to hydrolysis) is 3. The zero-order chi connectivity index (χ0) is 40.6. The van der Waals surface area contributed by atoms with E-state index in [-0.39, 0.29) is 19.8 Å². The van der Waals surface area contributed by atoms with Gasteiger partial charge in [0.05, 0.1) is 0 Å². The molecule has 3 aromatic carbocycles. The summed E-state index contributed by atoms with van der Waals surface area (Å²) in [5.74, 6) is -4.07. The molecular formula is C39H43N3O15. The van der Waals surface area contributed by atoms with Gasteiger partial charge in [-0.15, -0.1) is 0 Å². The van der Waals surface area contributed by atoms with E-state index in [0.717, 1.165) is 11.1 Å². The van der Waals surface area contributed by atoms with Gasteiger partial charge in [-0.25, -0.2) is 14.4 Å². The maximum atomic E-state index is 13.1. The molecule has 3 aromatic rings. The standard InChI is InChI=1S/C39H43N3O15/c1-39(2)56-34-33(54-31(45)20-42-38(48)52-23-27-16-10-5-11-17-27)32(55-35(34)57-39)28(53-30(44)19-41-37(47)51-22-26-14-8-4-9-15-26)24-49-29(43)18-40-36(46)50-21-25-12-6-3-7-13-25/h3-17,28,32-35H,18-24H2,1-2H3,(H,40,46)(H,41,47)(H,42,48)/t28-,32+,33-,34+,35+/m0/s1. The Hall–Kier alpha value is -6.24. The van der Waals surface area contributed by atoms with E-state index in [2.05, 4.69) is 16.0 Å². The summed E-state index contributed by atoms with van der Waals surface area (Å²) >= 11 is 0. The molecule has 2 aliphatic rings. The maximum absolute atomic E-state index is 13.1. The van der Waals surface area contributed by atoms with Gasteiger partial charge in [0, 0.05) is 0 Å². The first-order valence-electron chi connectivity index (χ1n) is 17.8. The summed E-state index contributed by atoms with van der Waals surface area (Å²) in [5.41, 5.74) is 2.17. The van der Waals surface area contributed by atoms with E-state index in [0.29, 0.717) is 5.56 Å². The van der Waals surface area contributed by atoms with Gasteiger partial charge in [-0.3, -0.25) is 14.4 Å². The summed E-state index contributed by atoms with van der Waals surface area (Å²) in [4.78, 5) is 75.7. The quantitative estimate of drug-likeness (QED) is 0.132. The molecule has 0 aromatic heterocycles. The Labute approximate surface area is 327 Å². The molecule has 2 heterocycles. The highest BCUT2D eigenvalue weighted by molar-refractivity contribution is 5.79. The van der Waals surface area contributed by atoms with Gasteiger partial charge in [0.1, 0.15) is 52.2 Å². The van der Waals surface area contributed by atoms with Crippen LogP contribution in [0.1, 0.15) is 30.5 Å². The van der Waals surface area contributed by atoms with Crippen molar-refractivity contribution in [2.75, 3.05) is 26.2 Å². The smallest absolute Gasteiger partial charge is 0.407 e. The van der Waals surface area contributed by atoms with E-state index in [1.807, 2.05) is 12.1 Å². The maximum Gasteiger partial charge on any atom is 0.407 e. The summed E-state index contributed by atoms with van der Waals surface area (Å²) < 4.78 is 49.8. The minimum atomic E-state index is -1.49. The summed E-state index contributed by atoms with van der Waals surface area (Å²) in [6, 6.07) is 26.6. The van der Waals surface area contributed by atoms with Gasteiger partial charge in [0.2, 0.25) is 0 Å². The second kappa shape index (κ2) is 20.6. The van der Waals surface area contributed by atoms with Crippen molar-refractivity contribution in [3.05, 3.63) is 108 Å². The number of fused-ring (bicyclic) bond motifs is 1. The Balaban J connectivity index is 1.20. The van der Waals surface area contributed by atoms with Crippen LogP contribution in [-0.2, 0) is 76.8 Å². The normalized spacial score (nSPS) is 19.5. The lowest BCUT2D eigenvalue weighted by Crippen LogP contribution is -2.49. The van der Waals surface area contributed by atoms with E-state index in [4.69, 9.17) is 42.6 Å². The van der Waals surface area contributed by atoms with Crippen molar-refractivity contribution in [2.24, 2.45) is 0 Å². The monoisotopic (exact) mass is 793 g/mol. The molecule has 0 saturated carbocycles. The minimum absolute atomic E-state index is 0.0413. The third-order valence-corrected chi connectivity index (χ3v) is 8.12. The predicted molar refractivity (Wildman–Crippen MR) is 193 cm³/mol. The van der Waals surface area contributed by atoms with Crippen LogP contribution in [0.4, 0.5) is 14.4 Å². The first kappa shape index (κ1) is 41.9. The van der Waals surface area contributed by atoms with E-state index in [1.165, 1.54) is 0 Å². The summed E-state index contributed by atoms with van der Waals surface area (Å²) in [5, 5.41) is 6.86. The molecule has 57 heavy (non-hydrogen) atoms. The molecule has 0 radical (unpaired) electrons. The van der Waals surface area contributed by atoms with Crippen LogP contribution in [0.2, 0.25) is 0 Å². The fraction of sp³-hybridized carbons (Fsp3) is 0.385. The number of amides is 3. The highest BCUT2D eigenvalue weighted by atomic mass is 16.8. The molecule has 5 rings (SSSR count). The highest BCUT2D eigenvalue weighted by Gasteiger charge is 2.59. The third-order valence-electron chi connectivity index (χ3n) is 8.12. The Morgan fingerprint density at radius 2 is 1.04 bits per heavy atom. The largest absolute Gasteiger partial charge is 0.460 e. The lowest BCUT2D eigenvalue weighted by Gasteiger charge is -2.30. The van der Waals surface area contributed by atoms with E-state index in [1.54, 1.807) is 92.7 Å². The number of ether oxygens (including phenoxy) is 9. The Kier molecular flexibility index (Phi) is 15.2. The van der Waals surface area contributed by atoms with Gasteiger partial charge in [-0.1, -0.05) is 91.0 Å². The van der Waals surface area contributed by atoms with Gasteiger partial charge in [-0.05, 0) is 30.5 Å². The summed E-state index contributed by atoms with van der Waals surface area (Å²) in [6.07, 6.45) is -9.07. The SMILES string of the molecule is CC1(C)O[C@H]2O[C@H]([C@H](COC(=O)CNC(=O)OCc3ccccc3)OC(=O)CNC(=O)OCc3ccccc3)[C@H](OC(=O)CNC(=O)OCc3ccccc3)[C@H]2O1. The number of benzene rings is 3. The highest BCUT2D eigenvalue weighted by Crippen LogP contribution is 2.40. The number of nitrogens with one attached hydrogen (secondary N) is 3. The van der Waals surface area contributed by atoms with Crippen molar-refractivity contribution >= 4 is 36.2 Å². The second-order valence-electron chi connectivity index (χ2n) is 13.0. The molecule has 18 nitrogen and oxygen atoms in total. The lowest BCUT2D eigenvalue weighted by molar-refractivity contribution is -0.234. The van der Waals surface area contributed by atoms with Crippen LogP contribution >= 0.6 is 0 Å². The molecule has 0 aliphatic carbocycles. The number of rotatable bonds is 17. The average molecular weight is 794 g/mol. The van der Waals surface area contributed by atoms with Crippen molar-refractivity contribution < 1.29 is 71.4 Å². The number of hydrogen-bond acceptors (Lipinski definition) is 15. The van der Waals surface area contributed by atoms with Crippen molar-refractivity contribution in [3.8, 4) is 0 Å². The number of esters is 3. The minimum Gasteiger partial charge on any atom is -0.460 e. The van der Waals surface area contributed by atoms with Gasteiger partial charge in [0.25, 0.3) is 0 Å². The molecular weight excluding hydrogens is 750 g/mol. The van der Waals surface area contributed by atoms with E-state index < -0.39 is 98.9 Å². The van der Waals surface area contributed by atoms with Crippen molar-refractivity contribution in [1.29, 1.82) is 0 Å². The topological polar surface area (TPSA) is 222 Å². The van der Waals surface area contributed by atoms with Crippen LogP contribution in [-0.4, -0.2) is 98.9 Å². The molecule has 0 spiro atoms. The number of carbonyl (C=O) groups is 6. The molecule has 0 unspecified atom stereocenters. The molecule has 2 aliphatic heterocycles. The van der Waals surface area contributed by atoms with Gasteiger partial charge in [-0.2, -0.15) is 0 Å². The van der Waals surface area contributed by atoms with Crippen molar-refractivity contribution in [1.82, 2.24) is 16.0 Å². The fourth-order valence-corrected chi connectivity index (χ4v) is 5.52. The van der Waals surface area contributed by atoms with Crippen molar-refractivity contribution in [3.63, 3.8) is 0 Å². The molecule has 18 heteroatoms. The van der Waals surface area contributed by atoms with Gasteiger partial charge in [0.15, 0.2) is 30.4 Å². The Morgan fingerprint density at radius 3 is 1.51 bits per heavy atom. The lowest BCUT2D eigenvalue weighted by atomic mass is 10.1.